The van der Waals surface area contributed by atoms with Crippen molar-refractivity contribution in [1.29, 1.82) is 0 Å². The van der Waals surface area contributed by atoms with Gasteiger partial charge in [0.25, 0.3) is 0 Å². The Balaban J connectivity index is 1.94. The maximum Gasteiger partial charge on any atom is 0.373 e. The molecule has 28 heavy (non-hydrogen) atoms. The molecule has 0 fully saturated rings. The SMILES string of the molecule is Cc1cc(C)cc(Oc2ncnc(Nc3ccc(C(C)C)cc3)c2[N+](=O)[O-])c1. The lowest BCUT2D eigenvalue weighted by Crippen LogP contribution is -2.03. The fourth-order valence-corrected chi connectivity index (χ4v) is 2.88. The highest BCUT2D eigenvalue weighted by atomic mass is 16.6. The molecule has 0 saturated carbocycles. The third-order valence-corrected chi connectivity index (χ3v) is 4.22. The second-order valence-electron chi connectivity index (χ2n) is 6.96. The molecule has 0 radical (unpaired) electrons. The molecule has 7 heteroatoms. The summed E-state index contributed by atoms with van der Waals surface area (Å²) >= 11 is 0. The van der Waals surface area contributed by atoms with Crippen LogP contribution in [-0.2, 0) is 0 Å². The van der Waals surface area contributed by atoms with E-state index in [4.69, 9.17) is 4.74 Å². The number of aromatic nitrogens is 2. The van der Waals surface area contributed by atoms with Crippen molar-refractivity contribution in [2.45, 2.75) is 33.6 Å². The Morgan fingerprint density at radius 3 is 2.25 bits per heavy atom. The van der Waals surface area contributed by atoms with E-state index in [9.17, 15) is 10.1 Å². The summed E-state index contributed by atoms with van der Waals surface area (Å²) in [4.78, 5) is 19.2. The van der Waals surface area contributed by atoms with E-state index in [-0.39, 0.29) is 17.4 Å². The highest BCUT2D eigenvalue weighted by Gasteiger charge is 2.25. The van der Waals surface area contributed by atoms with Crippen LogP contribution in [0.1, 0.15) is 36.5 Å². The quantitative estimate of drug-likeness (QED) is 0.439. The molecule has 1 aromatic heterocycles. The largest absolute Gasteiger partial charge is 0.434 e. The lowest BCUT2D eigenvalue weighted by molar-refractivity contribution is -0.385. The first-order valence-electron chi connectivity index (χ1n) is 8.96. The number of hydrogen-bond acceptors (Lipinski definition) is 6. The number of rotatable bonds is 6. The molecule has 0 saturated heterocycles. The number of aryl methyl sites for hydroxylation is 2. The Morgan fingerprint density at radius 1 is 1.04 bits per heavy atom. The number of nitrogens with one attached hydrogen (secondary N) is 1. The van der Waals surface area contributed by atoms with E-state index >= 15 is 0 Å². The minimum absolute atomic E-state index is 0.0803. The fraction of sp³-hybridized carbons (Fsp3) is 0.238. The Morgan fingerprint density at radius 2 is 1.68 bits per heavy atom. The van der Waals surface area contributed by atoms with Gasteiger partial charge in [-0.1, -0.05) is 32.0 Å². The van der Waals surface area contributed by atoms with Gasteiger partial charge in [-0.2, -0.15) is 4.98 Å². The van der Waals surface area contributed by atoms with Gasteiger partial charge in [0.2, 0.25) is 5.82 Å². The molecule has 1 N–H and O–H groups in total. The van der Waals surface area contributed by atoms with Gasteiger partial charge in [-0.3, -0.25) is 10.1 Å². The number of ether oxygens (including phenoxy) is 1. The molecule has 7 nitrogen and oxygen atoms in total. The van der Waals surface area contributed by atoms with Crippen molar-refractivity contribution < 1.29 is 9.66 Å². The average Bonchev–Trinajstić information content (AvgIpc) is 2.61. The minimum atomic E-state index is -0.539. The van der Waals surface area contributed by atoms with E-state index in [0.29, 0.717) is 17.4 Å². The van der Waals surface area contributed by atoms with Gasteiger partial charge in [0.05, 0.1) is 4.92 Å². The molecule has 1 heterocycles. The van der Waals surface area contributed by atoms with Crippen LogP contribution in [-0.4, -0.2) is 14.9 Å². The third kappa shape index (κ3) is 4.43. The van der Waals surface area contributed by atoms with Gasteiger partial charge < -0.3 is 10.1 Å². The maximum atomic E-state index is 11.7. The van der Waals surface area contributed by atoms with Crippen LogP contribution in [0.25, 0.3) is 0 Å². The zero-order valence-electron chi connectivity index (χ0n) is 16.3. The van der Waals surface area contributed by atoms with Crippen molar-refractivity contribution in [3.63, 3.8) is 0 Å². The van der Waals surface area contributed by atoms with E-state index in [1.54, 1.807) is 12.1 Å². The van der Waals surface area contributed by atoms with Gasteiger partial charge in [0, 0.05) is 5.69 Å². The van der Waals surface area contributed by atoms with Crippen LogP contribution < -0.4 is 10.1 Å². The summed E-state index contributed by atoms with van der Waals surface area (Å²) in [5.74, 6) is 0.870. The van der Waals surface area contributed by atoms with E-state index in [1.807, 2.05) is 44.2 Å². The lowest BCUT2D eigenvalue weighted by Gasteiger charge is -2.11. The van der Waals surface area contributed by atoms with Crippen molar-refractivity contribution in [2.24, 2.45) is 0 Å². The first-order chi connectivity index (χ1) is 13.3. The zero-order valence-corrected chi connectivity index (χ0v) is 16.3. The van der Waals surface area contributed by atoms with Crippen LogP contribution in [0.4, 0.5) is 17.2 Å². The van der Waals surface area contributed by atoms with E-state index in [1.165, 1.54) is 11.9 Å². The van der Waals surface area contributed by atoms with Gasteiger partial charge >= 0.3 is 11.6 Å². The molecule has 0 aliphatic heterocycles. The Kier molecular flexibility index (Phi) is 5.54. The average molecular weight is 378 g/mol. The molecule has 3 rings (SSSR count). The summed E-state index contributed by atoms with van der Waals surface area (Å²) in [6.45, 7) is 8.08. The van der Waals surface area contributed by atoms with E-state index in [0.717, 1.165) is 11.1 Å². The van der Waals surface area contributed by atoms with Crippen molar-refractivity contribution >= 4 is 17.2 Å². The van der Waals surface area contributed by atoms with Gasteiger partial charge in [0.1, 0.15) is 12.1 Å². The van der Waals surface area contributed by atoms with Gasteiger partial charge in [-0.05, 0) is 60.7 Å². The topological polar surface area (TPSA) is 90.2 Å². The molecule has 3 aromatic rings. The van der Waals surface area contributed by atoms with Crippen molar-refractivity contribution in [2.75, 3.05) is 5.32 Å². The molecule has 0 bridgehead atoms. The number of benzene rings is 2. The second-order valence-corrected chi connectivity index (χ2v) is 6.96. The summed E-state index contributed by atoms with van der Waals surface area (Å²) < 4.78 is 5.73. The summed E-state index contributed by atoms with van der Waals surface area (Å²) in [5, 5.41) is 14.7. The van der Waals surface area contributed by atoms with Crippen LogP contribution in [0.2, 0.25) is 0 Å². The predicted octanol–water partition coefficient (Wildman–Crippen LogP) is 5.66. The highest BCUT2D eigenvalue weighted by molar-refractivity contribution is 5.69. The molecule has 0 unspecified atom stereocenters. The highest BCUT2D eigenvalue weighted by Crippen LogP contribution is 2.36. The van der Waals surface area contributed by atoms with E-state index in [2.05, 4.69) is 29.1 Å². The number of nitro groups is 1. The van der Waals surface area contributed by atoms with Crippen molar-refractivity contribution in [3.8, 4) is 11.6 Å². The monoisotopic (exact) mass is 378 g/mol. The third-order valence-electron chi connectivity index (χ3n) is 4.22. The predicted molar refractivity (Wildman–Crippen MR) is 108 cm³/mol. The molecule has 0 spiro atoms. The molecular weight excluding hydrogens is 356 g/mol. The Labute approximate surface area is 163 Å². The molecular formula is C21H22N4O3. The number of anilines is 2. The Hall–Kier alpha value is -3.48. The fourth-order valence-electron chi connectivity index (χ4n) is 2.88. The van der Waals surface area contributed by atoms with Crippen molar-refractivity contribution in [1.82, 2.24) is 9.97 Å². The lowest BCUT2D eigenvalue weighted by atomic mass is 10.0. The number of hydrogen-bond donors (Lipinski definition) is 1. The summed E-state index contributed by atoms with van der Waals surface area (Å²) in [5.41, 5.74) is 3.56. The molecule has 2 aromatic carbocycles. The maximum absolute atomic E-state index is 11.7. The van der Waals surface area contributed by atoms with Gasteiger partial charge in [-0.15, -0.1) is 0 Å². The number of nitrogens with zero attached hydrogens (tertiary/aromatic N) is 3. The first kappa shape index (κ1) is 19.3. The second kappa shape index (κ2) is 8.04. The van der Waals surface area contributed by atoms with Crippen LogP contribution in [0.5, 0.6) is 11.6 Å². The molecule has 0 amide bonds. The molecule has 0 aliphatic rings. The molecule has 0 atom stereocenters. The minimum Gasteiger partial charge on any atom is -0.434 e. The van der Waals surface area contributed by atoms with Crippen LogP contribution in [0, 0.1) is 24.0 Å². The van der Waals surface area contributed by atoms with Gasteiger partial charge in [-0.25, -0.2) is 4.98 Å². The van der Waals surface area contributed by atoms with E-state index < -0.39 is 4.92 Å². The Bertz CT molecular complexity index is 981. The van der Waals surface area contributed by atoms with Crippen LogP contribution >= 0.6 is 0 Å². The summed E-state index contributed by atoms with van der Waals surface area (Å²) in [6, 6.07) is 13.3. The standard InChI is InChI=1S/C21H22N4O3/c1-13(2)16-5-7-17(8-6-16)24-20-19(25(26)27)21(23-12-22-20)28-18-10-14(3)9-15(4)11-18/h5-13H,1-4H3,(H,22,23,24). The first-order valence-corrected chi connectivity index (χ1v) is 8.96. The van der Waals surface area contributed by atoms with Gasteiger partial charge in [0.15, 0.2) is 0 Å². The normalized spacial score (nSPS) is 10.8. The summed E-state index contributed by atoms with van der Waals surface area (Å²) in [6.07, 6.45) is 1.25. The molecule has 144 valence electrons. The smallest absolute Gasteiger partial charge is 0.373 e. The summed E-state index contributed by atoms with van der Waals surface area (Å²) in [7, 11) is 0. The zero-order chi connectivity index (χ0) is 20.3. The van der Waals surface area contributed by atoms with Crippen LogP contribution in [0.15, 0.2) is 48.8 Å². The van der Waals surface area contributed by atoms with Crippen LogP contribution in [0.3, 0.4) is 0 Å². The molecule has 0 aliphatic carbocycles. The van der Waals surface area contributed by atoms with Crippen molar-refractivity contribution in [3.05, 3.63) is 75.6 Å².